The number of nitrogens with zero attached hydrogens (tertiary/aromatic N) is 2. The van der Waals surface area contributed by atoms with Gasteiger partial charge in [-0.2, -0.15) is 0 Å². The van der Waals surface area contributed by atoms with Crippen LogP contribution in [0.1, 0.15) is 18.7 Å². The molecule has 1 aromatic heterocycles. The summed E-state index contributed by atoms with van der Waals surface area (Å²) in [4.78, 5) is 4.22. The van der Waals surface area contributed by atoms with E-state index in [1.807, 2.05) is 19.4 Å². The Bertz CT molecular complexity index is 237. The molecule has 0 saturated heterocycles. The maximum Gasteiger partial charge on any atom is 0.122 e. The fraction of sp³-hybridized carbons (Fsp3) is 0.625. The molecule has 0 bridgehead atoms. The third kappa shape index (κ3) is 1.60. The molecule has 0 amide bonds. The zero-order valence-electron chi connectivity index (χ0n) is 6.75. The third-order valence-electron chi connectivity index (χ3n) is 2.05. The average molecular weight is 151 g/mol. The summed E-state index contributed by atoms with van der Waals surface area (Å²) in [6.07, 6.45) is 6.49. The summed E-state index contributed by atoms with van der Waals surface area (Å²) in [7, 11) is 2.02. The first kappa shape index (κ1) is 6.85. The molecule has 1 fully saturated rings. The molecule has 1 aliphatic carbocycles. The fourth-order valence-electron chi connectivity index (χ4n) is 1.09. The van der Waals surface area contributed by atoms with Crippen molar-refractivity contribution >= 4 is 0 Å². The van der Waals surface area contributed by atoms with Gasteiger partial charge in [0.15, 0.2) is 0 Å². The Balaban J connectivity index is 1.89. The second kappa shape index (κ2) is 2.66. The van der Waals surface area contributed by atoms with E-state index in [-0.39, 0.29) is 0 Å². The van der Waals surface area contributed by atoms with Crippen LogP contribution in [-0.4, -0.2) is 15.6 Å². The van der Waals surface area contributed by atoms with E-state index in [4.69, 9.17) is 0 Å². The van der Waals surface area contributed by atoms with Crippen molar-refractivity contribution in [1.82, 2.24) is 14.9 Å². The number of rotatable bonds is 3. The molecule has 0 atom stereocenters. The molecule has 11 heavy (non-hydrogen) atoms. The van der Waals surface area contributed by atoms with Crippen LogP contribution in [0.15, 0.2) is 12.4 Å². The normalized spacial score (nSPS) is 17.2. The Morgan fingerprint density at radius 2 is 2.55 bits per heavy atom. The highest BCUT2D eigenvalue weighted by molar-refractivity contribution is 4.92. The van der Waals surface area contributed by atoms with E-state index >= 15 is 0 Å². The molecule has 1 aromatic rings. The zero-order valence-corrected chi connectivity index (χ0v) is 6.75. The van der Waals surface area contributed by atoms with Gasteiger partial charge in [-0.25, -0.2) is 4.98 Å². The number of aryl methyl sites for hydroxylation is 1. The van der Waals surface area contributed by atoms with Crippen LogP contribution in [0.3, 0.4) is 0 Å². The highest BCUT2D eigenvalue weighted by atomic mass is 15.1. The summed E-state index contributed by atoms with van der Waals surface area (Å²) in [6.45, 7) is 0.911. The van der Waals surface area contributed by atoms with Crippen LogP contribution in [0.5, 0.6) is 0 Å². The minimum absolute atomic E-state index is 0.770. The number of hydrogen-bond donors (Lipinski definition) is 1. The number of imidazole rings is 1. The average Bonchev–Trinajstić information content (AvgIpc) is 2.73. The van der Waals surface area contributed by atoms with Gasteiger partial charge in [0.2, 0.25) is 0 Å². The minimum atomic E-state index is 0.770. The van der Waals surface area contributed by atoms with E-state index in [0.717, 1.165) is 18.4 Å². The van der Waals surface area contributed by atoms with Gasteiger partial charge >= 0.3 is 0 Å². The summed E-state index contributed by atoms with van der Waals surface area (Å²) in [5, 5.41) is 3.42. The van der Waals surface area contributed by atoms with E-state index in [1.165, 1.54) is 12.8 Å². The Morgan fingerprint density at radius 1 is 1.73 bits per heavy atom. The van der Waals surface area contributed by atoms with Crippen molar-refractivity contribution < 1.29 is 0 Å². The van der Waals surface area contributed by atoms with Crippen molar-refractivity contribution in [3.8, 4) is 0 Å². The van der Waals surface area contributed by atoms with Crippen molar-refractivity contribution in [3.05, 3.63) is 18.2 Å². The third-order valence-corrected chi connectivity index (χ3v) is 2.05. The predicted octanol–water partition coefficient (Wildman–Crippen LogP) is 0.672. The highest BCUT2D eigenvalue weighted by Crippen LogP contribution is 2.18. The molecule has 3 nitrogen and oxygen atoms in total. The first-order chi connectivity index (χ1) is 5.36. The summed E-state index contributed by atoms with van der Waals surface area (Å²) in [5.41, 5.74) is 0. The van der Waals surface area contributed by atoms with Crippen LogP contribution in [-0.2, 0) is 13.6 Å². The van der Waals surface area contributed by atoms with Gasteiger partial charge in [-0.1, -0.05) is 0 Å². The molecule has 60 valence electrons. The monoisotopic (exact) mass is 151 g/mol. The molecule has 0 radical (unpaired) electrons. The van der Waals surface area contributed by atoms with Crippen LogP contribution in [0, 0.1) is 0 Å². The van der Waals surface area contributed by atoms with Gasteiger partial charge in [0.25, 0.3) is 0 Å². The number of hydrogen-bond acceptors (Lipinski definition) is 2. The van der Waals surface area contributed by atoms with Gasteiger partial charge in [-0.3, -0.25) is 0 Å². The fourth-order valence-corrected chi connectivity index (χ4v) is 1.09. The Kier molecular flexibility index (Phi) is 1.66. The Labute approximate surface area is 66.4 Å². The van der Waals surface area contributed by atoms with Crippen molar-refractivity contribution in [3.63, 3.8) is 0 Å². The first-order valence-corrected chi connectivity index (χ1v) is 4.06. The van der Waals surface area contributed by atoms with Crippen molar-refractivity contribution in [1.29, 1.82) is 0 Å². The lowest BCUT2D eigenvalue weighted by Gasteiger charge is -2.01. The molecule has 1 aliphatic rings. The van der Waals surface area contributed by atoms with Gasteiger partial charge < -0.3 is 9.88 Å². The smallest absolute Gasteiger partial charge is 0.122 e. The van der Waals surface area contributed by atoms with Gasteiger partial charge in [0, 0.05) is 25.5 Å². The quantitative estimate of drug-likeness (QED) is 0.688. The molecule has 0 aromatic carbocycles. The van der Waals surface area contributed by atoms with Crippen LogP contribution >= 0.6 is 0 Å². The van der Waals surface area contributed by atoms with Gasteiger partial charge in [-0.15, -0.1) is 0 Å². The Morgan fingerprint density at radius 3 is 3.09 bits per heavy atom. The summed E-state index contributed by atoms with van der Waals surface area (Å²) in [6, 6.07) is 0.770. The van der Waals surface area contributed by atoms with Crippen LogP contribution in [0.25, 0.3) is 0 Å². The lowest BCUT2D eigenvalue weighted by Crippen LogP contribution is -2.17. The first-order valence-electron chi connectivity index (χ1n) is 4.06. The summed E-state index contributed by atoms with van der Waals surface area (Å²) in [5.74, 6) is 1.12. The Hall–Kier alpha value is -0.830. The standard InChI is InChI=1S/C8H13N3/c1-11-5-4-9-8(11)6-10-7-2-3-7/h4-5,7,10H,2-3,6H2,1H3. The van der Waals surface area contributed by atoms with Crippen LogP contribution in [0.2, 0.25) is 0 Å². The van der Waals surface area contributed by atoms with Crippen molar-refractivity contribution in [2.75, 3.05) is 0 Å². The molecule has 0 unspecified atom stereocenters. The van der Waals surface area contributed by atoms with E-state index in [9.17, 15) is 0 Å². The summed E-state index contributed by atoms with van der Waals surface area (Å²) >= 11 is 0. The van der Waals surface area contributed by atoms with Crippen LogP contribution in [0.4, 0.5) is 0 Å². The molecule has 1 saturated carbocycles. The topological polar surface area (TPSA) is 29.9 Å². The van der Waals surface area contributed by atoms with Crippen molar-refractivity contribution in [2.45, 2.75) is 25.4 Å². The van der Waals surface area contributed by atoms with Gasteiger partial charge in [0.1, 0.15) is 5.82 Å². The predicted molar refractivity (Wildman–Crippen MR) is 43.1 cm³/mol. The van der Waals surface area contributed by atoms with E-state index in [2.05, 4.69) is 14.9 Å². The molecular weight excluding hydrogens is 138 g/mol. The summed E-state index contributed by atoms with van der Waals surface area (Å²) < 4.78 is 2.05. The second-order valence-corrected chi connectivity index (χ2v) is 3.11. The van der Waals surface area contributed by atoms with E-state index < -0.39 is 0 Å². The maximum absolute atomic E-state index is 4.22. The zero-order chi connectivity index (χ0) is 7.68. The molecule has 1 heterocycles. The molecule has 0 spiro atoms. The SMILES string of the molecule is Cn1ccnc1CNC1CC1. The van der Waals surface area contributed by atoms with E-state index in [1.54, 1.807) is 0 Å². The largest absolute Gasteiger partial charge is 0.337 e. The lowest BCUT2D eigenvalue weighted by molar-refractivity contribution is 0.635. The second-order valence-electron chi connectivity index (χ2n) is 3.11. The number of nitrogens with one attached hydrogen (secondary N) is 1. The molecule has 1 N–H and O–H groups in total. The number of aromatic nitrogens is 2. The van der Waals surface area contributed by atoms with Gasteiger partial charge in [-0.05, 0) is 12.8 Å². The lowest BCUT2D eigenvalue weighted by atomic mass is 10.5. The molecule has 0 aliphatic heterocycles. The maximum atomic E-state index is 4.22. The minimum Gasteiger partial charge on any atom is -0.337 e. The van der Waals surface area contributed by atoms with Crippen LogP contribution < -0.4 is 5.32 Å². The van der Waals surface area contributed by atoms with Gasteiger partial charge in [0.05, 0.1) is 6.54 Å². The van der Waals surface area contributed by atoms with Crippen molar-refractivity contribution in [2.24, 2.45) is 7.05 Å². The van der Waals surface area contributed by atoms with E-state index in [0.29, 0.717) is 0 Å². The molecular formula is C8H13N3. The highest BCUT2D eigenvalue weighted by Gasteiger charge is 2.20. The molecule has 3 heteroatoms. The molecule has 2 rings (SSSR count).